The highest BCUT2D eigenvalue weighted by molar-refractivity contribution is 5.88. The van der Waals surface area contributed by atoms with Gasteiger partial charge in [0.2, 0.25) is 5.91 Å². The molecule has 2 aromatic heterocycles. The van der Waals surface area contributed by atoms with E-state index in [-0.39, 0.29) is 35.7 Å². The number of carbonyl (C=O) groups is 2. The third-order valence-corrected chi connectivity index (χ3v) is 3.86. The molecule has 0 radical (unpaired) electrons. The molecule has 0 fully saturated rings. The van der Waals surface area contributed by atoms with Gasteiger partial charge in [-0.15, -0.1) is 0 Å². The maximum atomic E-state index is 12.5. The molecule has 1 amide bonds. The van der Waals surface area contributed by atoms with Crippen molar-refractivity contribution in [2.75, 3.05) is 0 Å². The molecule has 0 saturated heterocycles. The number of aromatic carboxylic acids is 1. The van der Waals surface area contributed by atoms with Gasteiger partial charge in [-0.3, -0.25) is 9.48 Å². The van der Waals surface area contributed by atoms with E-state index in [0.29, 0.717) is 11.3 Å². The van der Waals surface area contributed by atoms with Crippen LogP contribution < -0.4 is 5.32 Å². The maximum absolute atomic E-state index is 12.5. The molecule has 0 bridgehead atoms. The molecular weight excluding hydrogens is 355 g/mol. The lowest BCUT2D eigenvalue weighted by Crippen LogP contribution is -2.25. The van der Waals surface area contributed by atoms with Gasteiger partial charge in [0.25, 0.3) is 0 Å². The summed E-state index contributed by atoms with van der Waals surface area (Å²) in [6.45, 7) is 3.27. The topological polar surface area (TPSA) is 97.4 Å². The van der Waals surface area contributed by atoms with Crippen molar-refractivity contribution >= 4 is 11.9 Å². The van der Waals surface area contributed by atoms with Gasteiger partial charge in [-0.1, -0.05) is 0 Å². The monoisotopic (exact) mass is 373 g/mol. The Hall–Kier alpha value is -2.78. The van der Waals surface area contributed by atoms with E-state index < -0.39 is 24.6 Å². The van der Waals surface area contributed by atoms with Gasteiger partial charge in [0.05, 0.1) is 18.7 Å². The fourth-order valence-corrected chi connectivity index (χ4v) is 2.57. The smallest absolute Gasteiger partial charge is 0.408 e. The predicted molar refractivity (Wildman–Crippen MR) is 83.7 cm³/mol. The zero-order valence-electron chi connectivity index (χ0n) is 14.4. The summed E-state index contributed by atoms with van der Waals surface area (Å²) in [6, 6.07) is 1.32. The Kier molecular flexibility index (Phi) is 5.43. The number of nitrogens with one attached hydrogen (secondary N) is 1. The maximum Gasteiger partial charge on any atom is 0.408 e. The van der Waals surface area contributed by atoms with Gasteiger partial charge in [0.15, 0.2) is 0 Å². The van der Waals surface area contributed by atoms with Crippen LogP contribution in [0.15, 0.2) is 10.5 Å². The lowest BCUT2D eigenvalue weighted by Gasteiger charge is -2.08. The van der Waals surface area contributed by atoms with Crippen molar-refractivity contribution in [1.82, 2.24) is 15.1 Å². The fourth-order valence-electron chi connectivity index (χ4n) is 2.57. The van der Waals surface area contributed by atoms with Crippen LogP contribution in [0.25, 0.3) is 0 Å². The summed E-state index contributed by atoms with van der Waals surface area (Å²) in [7, 11) is 0. The largest absolute Gasteiger partial charge is 0.478 e. The number of hydrogen-bond acceptors (Lipinski definition) is 4. The van der Waals surface area contributed by atoms with E-state index in [2.05, 4.69) is 10.4 Å². The number of amides is 1. The van der Waals surface area contributed by atoms with E-state index in [4.69, 9.17) is 9.52 Å². The van der Waals surface area contributed by atoms with E-state index in [1.165, 1.54) is 26.8 Å². The molecule has 0 aliphatic heterocycles. The predicted octanol–water partition coefficient (Wildman–Crippen LogP) is 2.52. The first kappa shape index (κ1) is 19.5. The second-order valence-electron chi connectivity index (χ2n) is 5.86. The first-order valence-corrected chi connectivity index (χ1v) is 7.67. The van der Waals surface area contributed by atoms with Crippen LogP contribution >= 0.6 is 0 Å². The van der Waals surface area contributed by atoms with Gasteiger partial charge in [0.1, 0.15) is 23.6 Å². The molecular formula is C16H18F3N3O4. The van der Waals surface area contributed by atoms with Crippen molar-refractivity contribution in [3.8, 4) is 0 Å². The Labute approximate surface area is 146 Å². The third kappa shape index (κ3) is 4.64. The molecule has 142 valence electrons. The number of rotatable bonds is 6. The van der Waals surface area contributed by atoms with Gasteiger partial charge in [-0.2, -0.15) is 18.3 Å². The molecule has 0 aromatic carbocycles. The van der Waals surface area contributed by atoms with E-state index in [9.17, 15) is 22.8 Å². The van der Waals surface area contributed by atoms with Crippen LogP contribution in [-0.4, -0.2) is 32.9 Å². The number of furan rings is 1. The Morgan fingerprint density at radius 2 is 1.96 bits per heavy atom. The van der Waals surface area contributed by atoms with Gasteiger partial charge >= 0.3 is 12.1 Å². The second kappa shape index (κ2) is 7.22. The number of carbonyl (C=O) groups excluding carboxylic acids is 1. The number of halogens is 3. The molecule has 0 unspecified atom stereocenters. The van der Waals surface area contributed by atoms with Crippen LogP contribution in [0.5, 0.6) is 0 Å². The minimum Gasteiger partial charge on any atom is -0.478 e. The molecule has 26 heavy (non-hydrogen) atoms. The van der Waals surface area contributed by atoms with Crippen LogP contribution in [0, 0.1) is 20.8 Å². The normalized spacial score (nSPS) is 11.6. The molecule has 0 saturated carbocycles. The molecule has 2 rings (SSSR count). The van der Waals surface area contributed by atoms with E-state index >= 15 is 0 Å². The first-order chi connectivity index (χ1) is 12.0. The summed E-state index contributed by atoms with van der Waals surface area (Å²) in [5.41, 5.74) is 1.06. The number of aryl methyl sites for hydroxylation is 2. The van der Waals surface area contributed by atoms with E-state index in [1.54, 1.807) is 0 Å². The lowest BCUT2D eigenvalue weighted by atomic mass is 10.1. The number of hydrogen-bond donors (Lipinski definition) is 2. The molecule has 2 aromatic rings. The zero-order valence-corrected chi connectivity index (χ0v) is 14.4. The first-order valence-electron chi connectivity index (χ1n) is 7.67. The van der Waals surface area contributed by atoms with Gasteiger partial charge < -0.3 is 14.8 Å². The van der Waals surface area contributed by atoms with Crippen LogP contribution in [-0.2, 0) is 24.3 Å². The molecule has 7 nitrogen and oxygen atoms in total. The van der Waals surface area contributed by atoms with Gasteiger partial charge in [-0.05, 0) is 26.8 Å². The Balaban J connectivity index is 2.02. The summed E-state index contributed by atoms with van der Waals surface area (Å²) in [4.78, 5) is 23.0. The lowest BCUT2D eigenvalue weighted by molar-refractivity contribution is -0.143. The van der Waals surface area contributed by atoms with Crippen molar-refractivity contribution < 1.29 is 32.3 Å². The molecule has 0 spiro atoms. The average molecular weight is 373 g/mol. The zero-order chi connectivity index (χ0) is 19.6. The van der Waals surface area contributed by atoms with Crippen molar-refractivity contribution in [2.24, 2.45) is 0 Å². The quantitative estimate of drug-likeness (QED) is 0.811. The summed E-state index contributed by atoms with van der Waals surface area (Å²) < 4.78 is 43.7. The summed E-state index contributed by atoms with van der Waals surface area (Å²) in [5.74, 6) is -1.07. The Morgan fingerprint density at radius 3 is 2.50 bits per heavy atom. The SMILES string of the molecule is Cc1nn(CC(F)(F)F)c(C)c1CC(=O)NCc1cc(C(=O)O)c(C)o1. The minimum absolute atomic E-state index is 0.00867. The standard InChI is InChI=1S/C16H18F3N3O4/c1-8-12(9(2)22(21-8)7-16(17,18)19)5-14(23)20-6-11-4-13(15(24)25)10(3)26-11/h4H,5-7H2,1-3H3,(H,20,23)(H,24,25). The van der Waals surface area contributed by atoms with Gasteiger partial charge in [-0.25, -0.2) is 4.79 Å². The second-order valence-corrected chi connectivity index (χ2v) is 5.86. The highest BCUT2D eigenvalue weighted by Gasteiger charge is 2.30. The van der Waals surface area contributed by atoms with Crippen LogP contribution in [0.3, 0.4) is 0 Å². The number of nitrogens with zero attached hydrogens (tertiary/aromatic N) is 2. The molecule has 10 heteroatoms. The Bertz CT molecular complexity index is 837. The van der Waals surface area contributed by atoms with Gasteiger partial charge in [0, 0.05) is 11.3 Å². The summed E-state index contributed by atoms with van der Waals surface area (Å²) >= 11 is 0. The molecule has 2 N–H and O–H groups in total. The number of carboxylic acids is 1. The summed E-state index contributed by atoms with van der Waals surface area (Å²) in [6.07, 6.45) is -4.54. The van der Waals surface area contributed by atoms with Crippen LogP contribution in [0.2, 0.25) is 0 Å². The molecule has 0 atom stereocenters. The van der Waals surface area contributed by atoms with Crippen molar-refractivity contribution in [1.29, 1.82) is 0 Å². The fraction of sp³-hybridized carbons (Fsp3) is 0.438. The third-order valence-electron chi connectivity index (χ3n) is 3.86. The van der Waals surface area contributed by atoms with Crippen molar-refractivity contribution in [2.45, 2.75) is 46.5 Å². The molecule has 2 heterocycles. The highest BCUT2D eigenvalue weighted by Crippen LogP contribution is 2.21. The van der Waals surface area contributed by atoms with Crippen molar-refractivity contribution in [3.05, 3.63) is 40.1 Å². The van der Waals surface area contributed by atoms with Crippen molar-refractivity contribution in [3.63, 3.8) is 0 Å². The average Bonchev–Trinajstić information content (AvgIpc) is 2.99. The Morgan fingerprint density at radius 1 is 1.31 bits per heavy atom. The highest BCUT2D eigenvalue weighted by atomic mass is 19.4. The van der Waals surface area contributed by atoms with E-state index in [1.807, 2.05) is 0 Å². The minimum atomic E-state index is -4.40. The number of carboxylic acid groups (broad SMARTS) is 1. The molecule has 0 aliphatic carbocycles. The number of aromatic nitrogens is 2. The van der Waals surface area contributed by atoms with Crippen LogP contribution in [0.1, 0.15) is 38.8 Å². The number of alkyl halides is 3. The van der Waals surface area contributed by atoms with E-state index in [0.717, 1.165) is 4.68 Å². The summed E-state index contributed by atoms with van der Waals surface area (Å²) in [5, 5.41) is 15.3. The molecule has 0 aliphatic rings. The van der Waals surface area contributed by atoms with Crippen LogP contribution in [0.4, 0.5) is 13.2 Å².